The number of carbonyl (C=O) groups is 1. The van der Waals surface area contributed by atoms with Gasteiger partial charge in [0.1, 0.15) is 5.75 Å². The molecule has 32 heavy (non-hydrogen) atoms. The summed E-state index contributed by atoms with van der Waals surface area (Å²) in [6, 6.07) is 10.0. The fourth-order valence-corrected chi connectivity index (χ4v) is 4.28. The van der Waals surface area contributed by atoms with E-state index in [2.05, 4.69) is 5.32 Å². The molecule has 0 radical (unpaired) electrons. The molecule has 0 saturated carbocycles. The molecule has 2 rings (SSSR count). The van der Waals surface area contributed by atoms with Gasteiger partial charge in [-0.3, -0.25) is 4.79 Å². The molecule has 0 aliphatic heterocycles. The standard InChI is InChI=1S/C23H32N2O6S/c1-7-19(16-8-11-21(30-5)22(15-16)31-6)24-23(26)13-9-17-14-18(10-12-20(17)29-4)32(27,28)25(2)3/h8,10-12,14-15,19H,7,9,13H2,1-6H3,(H,24,26). The normalized spacial score (nSPS) is 12.3. The van der Waals surface area contributed by atoms with Gasteiger partial charge < -0.3 is 19.5 Å². The van der Waals surface area contributed by atoms with Crippen molar-refractivity contribution in [2.75, 3.05) is 35.4 Å². The van der Waals surface area contributed by atoms with Crippen LogP contribution in [0.15, 0.2) is 41.3 Å². The van der Waals surface area contributed by atoms with Crippen LogP contribution in [0.25, 0.3) is 0 Å². The monoisotopic (exact) mass is 464 g/mol. The fraction of sp³-hybridized carbons (Fsp3) is 0.435. The largest absolute Gasteiger partial charge is 0.496 e. The number of amides is 1. The minimum Gasteiger partial charge on any atom is -0.496 e. The van der Waals surface area contributed by atoms with Crippen molar-refractivity contribution >= 4 is 15.9 Å². The van der Waals surface area contributed by atoms with Gasteiger partial charge in [-0.1, -0.05) is 13.0 Å². The van der Waals surface area contributed by atoms with E-state index in [-0.39, 0.29) is 23.3 Å². The molecule has 9 heteroatoms. The number of hydrogen-bond donors (Lipinski definition) is 1. The number of nitrogens with one attached hydrogen (secondary N) is 1. The van der Waals surface area contributed by atoms with E-state index in [1.54, 1.807) is 26.4 Å². The van der Waals surface area contributed by atoms with E-state index in [4.69, 9.17) is 14.2 Å². The van der Waals surface area contributed by atoms with E-state index >= 15 is 0 Å². The Hall–Kier alpha value is -2.78. The smallest absolute Gasteiger partial charge is 0.242 e. The third-order valence-corrected chi connectivity index (χ3v) is 7.02. The summed E-state index contributed by atoms with van der Waals surface area (Å²) < 4.78 is 42.0. The Balaban J connectivity index is 2.15. The number of methoxy groups -OCH3 is 3. The lowest BCUT2D eigenvalue weighted by atomic mass is 10.0. The molecule has 0 bridgehead atoms. The zero-order chi connectivity index (χ0) is 23.9. The van der Waals surface area contributed by atoms with Gasteiger partial charge in [0.15, 0.2) is 11.5 Å². The molecule has 1 N–H and O–H groups in total. The molecule has 2 aromatic carbocycles. The molecule has 1 unspecified atom stereocenters. The van der Waals surface area contributed by atoms with Crippen molar-refractivity contribution in [3.63, 3.8) is 0 Å². The maximum atomic E-state index is 12.7. The van der Waals surface area contributed by atoms with E-state index in [9.17, 15) is 13.2 Å². The lowest BCUT2D eigenvalue weighted by molar-refractivity contribution is -0.121. The molecule has 176 valence electrons. The molecule has 1 amide bonds. The topological polar surface area (TPSA) is 94.2 Å². The first-order valence-corrected chi connectivity index (χ1v) is 11.7. The Morgan fingerprint density at radius 1 is 0.969 bits per heavy atom. The van der Waals surface area contributed by atoms with Gasteiger partial charge in [0.25, 0.3) is 0 Å². The fourth-order valence-electron chi connectivity index (χ4n) is 3.33. The number of ether oxygens (including phenoxy) is 3. The van der Waals surface area contributed by atoms with Crippen molar-refractivity contribution in [2.45, 2.75) is 37.1 Å². The Morgan fingerprint density at radius 2 is 1.59 bits per heavy atom. The Morgan fingerprint density at radius 3 is 2.16 bits per heavy atom. The van der Waals surface area contributed by atoms with Crippen LogP contribution in [-0.2, 0) is 21.2 Å². The van der Waals surface area contributed by atoms with Crippen LogP contribution in [0.4, 0.5) is 0 Å². The molecule has 0 heterocycles. The molecule has 2 aromatic rings. The maximum Gasteiger partial charge on any atom is 0.242 e. The highest BCUT2D eigenvalue weighted by Crippen LogP contribution is 2.31. The summed E-state index contributed by atoms with van der Waals surface area (Å²) >= 11 is 0. The highest BCUT2D eigenvalue weighted by molar-refractivity contribution is 7.89. The second kappa shape index (κ2) is 11.2. The average Bonchev–Trinajstić information content (AvgIpc) is 2.80. The van der Waals surface area contributed by atoms with Gasteiger partial charge in [-0.05, 0) is 54.3 Å². The van der Waals surface area contributed by atoms with Gasteiger partial charge in [-0.25, -0.2) is 12.7 Å². The predicted octanol–water partition coefficient (Wildman–Crippen LogP) is 3.16. The summed E-state index contributed by atoms with van der Waals surface area (Å²) in [6.45, 7) is 1.99. The first-order valence-electron chi connectivity index (χ1n) is 10.3. The number of carbonyl (C=O) groups excluding carboxylic acids is 1. The Kier molecular flexibility index (Phi) is 8.91. The van der Waals surface area contributed by atoms with Crippen molar-refractivity contribution in [1.82, 2.24) is 9.62 Å². The average molecular weight is 465 g/mol. The van der Waals surface area contributed by atoms with E-state index in [1.165, 1.54) is 27.3 Å². The third-order valence-electron chi connectivity index (χ3n) is 5.21. The van der Waals surface area contributed by atoms with Gasteiger partial charge >= 0.3 is 0 Å². The van der Waals surface area contributed by atoms with E-state index in [1.807, 2.05) is 25.1 Å². The van der Waals surface area contributed by atoms with Crippen LogP contribution in [0.3, 0.4) is 0 Å². The second-order valence-electron chi connectivity index (χ2n) is 7.40. The number of hydrogen-bond acceptors (Lipinski definition) is 6. The van der Waals surface area contributed by atoms with Gasteiger partial charge in [-0.2, -0.15) is 0 Å². The quantitative estimate of drug-likeness (QED) is 0.549. The van der Waals surface area contributed by atoms with Crippen LogP contribution in [-0.4, -0.2) is 54.1 Å². The molecule has 8 nitrogen and oxygen atoms in total. The molecule has 0 aromatic heterocycles. The molecule has 0 aliphatic rings. The van der Waals surface area contributed by atoms with Crippen LogP contribution in [0.5, 0.6) is 17.2 Å². The lowest BCUT2D eigenvalue weighted by Crippen LogP contribution is -2.28. The second-order valence-corrected chi connectivity index (χ2v) is 9.56. The number of rotatable bonds is 11. The first kappa shape index (κ1) is 25.5. The van der Waals surface area contributed by atoms with Crippen LogP contribution in [0.2, 0.25) is 0 Å². The number of aryl methyl sites for hydroxylation is 1. The molecule has 0 fully saturated rings. The van der Waals surface area contributed by atoms with Gasteiger partial charge in [0, 0.05) is 20.5 Å². The van der Waals surface area contributed by atoms with Crippen molar-refractivity contribution < 1.29 is 27.4 Å². The number of sulfonamides is 1. The van der Waals surface area contributed by atoms with Crippen molar-refractivity contribution in [1.29, 1.82) is 0 Å². The van der Waals surface area contributed by atoms with Crippen LogP contribution in [0, 0.1) is 0 Å². The van der Waals surface area contributed by atoms with Crippen LogP contribution in [0.1, 0.15) is 36.9 Å². The third kappa shape index (κ3) is 5.92. The minimum absolute atomic E-state index is 0.144. The van der Waals surface area contributed by atoms with E-state index in [0.29, 0.717) is 35.7 Å². The van der Waals surface area contributed by atoms with Gasteiger partial charge in [0.2, 0.25) is 15.9 Å². The summed E-state index contributed by atoms with van der Waals surface area (Å²) in [5, 5.41) is 3.04. The Bertz CT molecular complexity index is 1040. The Labute approximate surface area is 190 Å². The molecule has 0 saturated heterocycles. The summed E-state index contributed by atoms with van der Waals surface area (Å²) in [6.07, 6.45) is 1.22. The molecular formula is C23H32N2O6S. The van der Waals surface area contributed by atoms with Crippen molar-refractivity contribution in [2.24, 2.45) is 0 Å². The zero-order valence-corrected chi connectivity index (χ0v) is 20.3. The minimum atomic E-state index is -3.58. The SMILES string of the molecule is CCC(NC(=O)CCc1cc(S(=O)(=O)N(C)C)ccc1OC)c1ccc(OC)c(OC)c1. The van der Waals surface area contributed by atoms with Gasteiger partial charge in [0.05, 0.1) is 32.3 Å². The summed E-state index contributed by atoms with van der Waals surface area (Å²) in [5.74, 6) is 1.62. The van der Waals surface area contributed by atoms with E-state index in [0.717, 1.165) is 9.87 Å². The zero-order valence-electron chi connectivity index (χ0n) is 19.5. The molecule has 1 atom stereocenters. The number of benzene rings is 2. The highest BCUT2D eigenvalue weighted by atomic mass is 32.2. The summed E-state index contributed by atoms with van der Waals surface area (Å²) in [5.41, 5.74) is 1.57. The highest BCUT2D eigenvalue weighted by Gasteiger charge is 2.20. The van der Waals surface area contributed by atoms with Crippen molar-refractivity contribution in [3.8, 4) is 17.2 Å². The van der Waals surface area contributed by atoms with Crippen LogP contribution < -0.4 is 19.5 Å². The predicted molar refractivity (Wildman–Crippen MR) is 123 cm³/mol. The lowest BCUT2D eigenvalue weighted by Gasteiger charge is -2.19. The first-order chi connectivity index (χ1) is 15.2. The summed E-state index contributed by atoms with van der Waals surface area (Å²) in [7, 11) is 4.04. The molecular weight excluding hydrogens is 432 g/mol. The van der Waals surface area contributed by atoms with E-state index < -0.39 is 10.0 Å². The summed E-state index contributed by atoms with van der Waals surface area (Å²) in [4.78, 5) is 12.9. The number of nitrogens with zero attached hydrogens (tertiary/aromatic N) is 1. The van der Waals surface area contributed by atoms with Gasteiger partial charge in [-0.15, -0.1) is 0 Å². The van der Waals surface area contributed by atoms with Crippen molar-refractivity contribution in [3.05, 3.63) is 47.5 Å². The molecule has 0 spiro atoms. The maximum absolute atomic E-state index is 12.7. The van der Waals surface area contributed by atoms with Crippen LogP contribution >= 0.6 is 0 Å². The molecule has 0 aliphatic carbocycles.